The van der Waals surface area contributed by atoms with Crippen molar-refractivity contribution in [1.29, 1.82) is 0 Å². The lowest BCUT2D eigenvalue weighted by molar-refractivity contribution is 1.24. The second-order valence-electron chi connectivity index (χ2n) is 6.12. The van der Waals surface area contributed by atoms with Gasteiger partial charge in [-0.1, -0.05) is 78.3 Å². The summed E-state index contributed by atoms with van der Waals surface area (Å²) in [7, 11) is 4.59. The molecule has 0 atom stereocenters. The largest absolute Gasteiger partial charge is 0.133 e. The Hall–Kier alpha value is -2.71. The van der Waals surface area contributed by atoms with Crippen LogP contribution >= 0.6 is 10.0 Å². The van der Waals surface area contributed by atoms with Gasteiger partial charge in [0.2, 0.25) is 0 Å². The fourth-order valence-corrected chi connectivity index (χ4v) is 7.32. The van der Waals surface area contributed by atoms with Crippen LogP contribution < -0.4 is 5.46 Å². The van der Waals surface area contributed by atoms with Crippen molar-refractivity contribution in [3.63, 3.8) is 0 Å². The van der Waals surface area contributed by atoms with Gasteiger partial charge < -0.3 is 0 Å². The van der Waals surface area contributed by atoms with E-state index >= 15 is 0 Å². The molecule has 4 aromatic rings. The molecule has 0 saturated heterocycles. The summed E-state index contributed by atoms with van der Waals surface area (Å²) in [6, 6.07) is 40.7. The van der Waals surface area contributed by atoms with Gasteiger partial charge in [0.05, 0.1) is 0 Å². The third-order valence-corrected chi connectivity index (χ3v) is 8.40. The normalized spacial score (nSPS) is 11.8. The van der Waals surface area contributed by atoms with Gasteiger partial charge in [0, 0.05) is 19.6 Å². The lowest BCUT2D eigenvalue weighted by Gasteiger charge is -2.42. The molecule has 0 unspecified atom stereocenters. The molecule has 0 aromatic heterocycles. The predicted molar refractivity (Wildman–Crippen MR) is 112 cm³/mol. The summed E-state index contributed by atoms with van der Waals surface area (Å²) >= 11 is 0. The summed E-state index contributed by atoms with van der Waals surface area (Å²) in [5.41, 5.74) is 0.794. The van der Waals surface area contributed by atoms with Crippen LogP contribution in [0.3, 0.4) is 0 Å². The quantitative estimate of drug-likeness (QED) is 0.407. The monoisotopic (exact) mass is 350 g/mol. The van der Waals surface area contributed by atoms with E-state index in [1.807, 2.05) is 6.07 Å². The summed E-state index contributed by atoms with van der Waals surface area (Å²) in [5.74, 6) is 0. The Balaban J connectivity index is 2.14. The molecule has 0 aliphatic heterocycles. The molecule has 4 rings (SSSR count). The van der Waals surface area contributed by atoms with Crippen LogP contribution in [0.4, 0.5) is 0 Å². The van der Waals surface area contributed by atoms with Crippen molar-refractivity contribution in [3.8, 4) is 0 Å². The maximum absolute atomic E-state index is 6.20. The first-order chi connectivity index (χ1) is 12.8. The van der Waals surface area contributed by atoms with Crippen molar-refractivity contribution in [2.45, 2.75) is 19.6 Å². The highest BCUT2D eigenvalue weighted by atomic mass is 32.3. The fraction of sp³-hybridized carbons (Fsp3) is 0. The van der Waals surface area contributed by atoms with E-state index < -0.39 is 10.0 Å². The van der Waals surface area contributed by atoms with Crippen molar-refractivity contribution in [3.05, 3.63) is 115 Å². The summed E-state index contributed by atoms with van der Waals surface area (Å²) in [4.78, 5) is 5.18. The molecule has 2 radical (unpaired) electrons. The molecule has 0 bridgehead atoms. The minimum atomic E-state index is -1.61. The summed E-state index contributed by atoms with van der Waals surface area (Å²) < 4.78 is 0. The van der Waals surface area contributed by atoms with Crippen LogP contribution in [0.5, 0.6) is 0 Å². The van der Waals surface area contributed by atoms with Gasteiger partial charge >= 0.3 is 0 Å². The van der Waals surface area contributed by atoms with Gasteiger partial charge in [-0.3, -0.25) is 0 Å². The van der Waals surface area contributed by atoms with Crippen molar-refractivity contribution in [2.24, 2.45) is 0 Å². The number of hydrogen-bond acceptors (Lipinski definition) is 0. The van der Waals surface area contributed by atoms with Crippen molar-refractivity contribution in [1.82, 2.24) is 0 Å². The Morgan fingerprint density at radius 2 is 0.808 bits per heavy atom. The Kier molecular flexibility index (Phi) is 4.68. The average Bonchev–Trinajstić information content (AvgIpc) is 2.71. The Labute approximate surface area is 158 Å². The zero-order valence-corrected chi connectivity index (χ0v) is 15.3. The minimum Gasteiger partial charge on any atom is -0.133 e. The maximum Gasteiger partial charge on any atom is 0.113 e. The van der Waals surface area contributed by atoms with Gasteiger partial charge in [0.1, 0.15) is 7.85 Å². The van der Waals surface area contributed by atoms with Crippen LogP contribution in [0.1, 0.15) is 0 Å². The van der Waals surface area contributed by atoms with E-state index in [4.69, 9.17) is 7.85 Å². The van der Waals surface area contributed by atoms with Crippen LogP contribution in [0.2, 0.25) is 0 Å². The van der Waals surface area contributed by atoms with Crippen LogP contribution in [-0.2, 0) is 0 Å². The van der Waals surface area contributed by atoms with Gasteiger partial charge in [-0.2, -0.15) is 0 Å². The maximum atomic E-state index is 6.20. The molecule has 0 N–H and O–H groups in total. The molecule has 4 aromatic carbocycles. The standard InChI is InChI=1S/C24H19BS/c25-20-11-10-18-24(19-20)26(21-12-4-1-5-13-21,22-14-6-2-7-15-22)23-16-8-3-9-17-23/h1-19H. The number of rotatable bonds is 4. The molecule has 0 amide bonds. The molecule has 0 spiro atoms. The highest BCUT2D eigenvalue weighted by molar-refractivity contribution is 8.34. The molecule has 124 valence electrons. The molecule has 0 fully saturated rings. The van der Waals surface area contributed by atoms with Gasteiger partial charge in [0.15, 0.2) is 0 Å². The molecule has 0 saturated carbocycles. The topological polar surface area (TPSA) is 0 Å². The van der Waals surface area contributed by atoms with Gasteiger partial charge in [-0.05, 0) is 42.5 Å². The molecule has 0 aliphatic rings. The summed E-state index contributed by atoms with van der Waals surface area (Å²) in [5, 5.41) is 0. The Morgan fingerprint density at radius 3 is 1.19 bits per heavy atom. The number of hydrogen-bond donors (Lipinski definition) is 0. The first-order valence-electron chi connectivity index (χ1n) is 8.66. The first kappa shape index (κ1) is 16.7. The van der Waals surface area contributed by atoms with Crippen LogP contribution in [-0.4, -0.2) is 7.85 Å². The zero-order valence-electron chi connectivity index (χ0n) is 14.5. The van der Waals surface area contributed by atoms with E-state index in [-0.39, 0.29) is 0 Å². The van der Waals surface area contributed by atoms with E-state index in [1.54, 1.807) is 0 Å². The Bertz CT molecular complexity index is 885. The van der Waals surface area contributed by atoms with Gasteiger partial charge in [0.25, 0.3) is 0 Å². The lowest BCUT2D eigenvalue weighted by Crippen LogP contribution is -2.09. The van der Waals surface area contributed by atoms with Crippen molar-refractivity contribution < 1.29 is 0 Å². The van der Waals surface area contributed by atoms with E-state index in [2.05, 4.69) is 109 Å². The first-order valence-corrected chi connectivity index (χ1v) is 10.3. The predicted octanol–water partition coefficient (Wildman–Crippen LogP) is 5.82. The van der Waals surface area contributed by atoms with Crippen molar-refractivity contribution in [2.75, 3.05) is 0 Å². The molecule has 26 heavy (non-hydrogen) atoms. The van der Waals surface area contributed by atoms with Crippen LogP contribution in [0, 0.1) is 0 Å². The zero-order chi connectivity index (χ0) is 17.8. The molecule has 0 heterocycles. The SMILES string of the molecule is [B]c1cccc(S(c2ccccc2)(c2ccccc2)c2ccccc2)c1. The smallest absolute Gasteiger partial charge is 0.113 e. The van der Waals surface area contributed by atoms with E-state index in [0.29, 0.717) is 0 Å². The Morgan fingerprint density at radius 1 is 0.423 bits per heavy atom. The summed E-state index contributed by atoms with van der Waals surface area (Å²) in [6.45, 7) is 0. The van der Waals surface area contributed by atoms with E-state index in [1.165, 1.54) is 19.6 Å². The second-order valence-corrected chi connectivity index (χ2v) is 9.23. The van der Waals surface area contributed by atoms with Crippen molar-refractivity contribution >= 4 is 23.3 Å². The third kappa shape index (κ3) is 2.87. The van der Waals surface area contributed by atoms with Crippen LogP contribution in [0.25, 0.3) is 0 Å². The molecule has 0 aliphatic carbocycles. The molecule has 2 heteroatoms. The molecular formula is C24H19BS. The highest BCUT2D eigenvalue weighted by Gasteiger charge is 2.32. The average molecular weight is 350 g/mol. The lowest BCUT2D eigenvalue weighted by atomic mass is 9.97. The minimum absolute atomic E-state index is 0.794. The second kappa shape index (κ2) is 7.27. The number of benzene rings is 4. The van der Waals surface area contributed by atoms with E-state index in [0.717, 1.165) is 5.46 Å². The molecule has 0 nitrogen and oxygen atoms in total. The molecular weight excluding hydrogens is 331 g/mol. The highest BCUT2D eigenvalue weighted by Crippen LogP contribution is 2.73. The van der Waals surface area contributed by atoms with Gasteiger partial charge in [-0.25, -0.2) is 0 Å². The fourth-order valence-electron chi connectivity index (χ4n) is 3.40. The van der Waals surface area contributed by atoms with Crippen LogP contribution in [0.15, 0.2) is 135 Å². The summed E-state index contributed by atoms with van der Waals surface area (Å²) in [6.07, 6.45) is 0. The third-order valence-electron chi connectivity index (χ3n) is 4.50. The van der Waals surface area contributed by atoms with Gasteiger partial charge in [-0.15, -0.1) is 10.0 Å². The van der Waals surface area contributed by atoms with E-state index in [9.17, 15) is 0 Å².